The Kier molecular flexibility index (Phi) is 5.65. The number of likely N-dealkylation sites (tertiary alicyclic amines) is 1. The lowest BCUT2D eigenvalue weighted by molar-refractivity contribution is -0.141. The maximum Gasteiger partial charge on any atom is 0.227 e. The highest BCUT2D eigenvalue weighted by atomic mass is 16.5. The number of ether oxygens (including phenoxy) is 1. The minimum atomic E-state index is -0.286. The highest BCUT2D eigenvalue weighted by Crippen LogP contribution is 2.22. The predicted octanol–water partition coefficient (Wildman–Crippen LogP) is 3.09. The average Bonchev–Trinajstić information content (AvgIpc) is 2.32. The minimum Gasteiger partial charge on any atom is -0.365 e. The van der Waals surface area contributed by atoms with E-state index in [2.05, 4.69) is 32.6 Å². The van der Waals surface area contributed by atoms with Gasteiger partial charge in [-0.2, -0.15) is 0 Å². The number of hydrogen-bond donors (Lipinski definition) is 0. The van der Waals surface area contributed by atoms with Gasteiger partial charge in [-0.15, -0.1) is 0 Å². The second kappa shape index (κ2) is 6.63. The Hall–Kier alpha value is -1.01. The van der Waals surface area contributed by atoms with Crippen molar-refractivity contribution in [1.29, 1.82) is 0 Å². The van der Waals surface area contributed by atoms with Gasteiger partial charge in [0.15, 0.2) is 0 Å². The molecule has 0 unspecified atom stereocenters. The fourth-order valence-corrected chi connectivity index (χ4v) is 2.16. The molecule has 1 saturated heterocycles. The quantitative estimate of drug-likeness (QED) is 0.727. The first kappa shape index (κ1) is 17.0. The van der Waals surface area contributed by atoms with Crippen LogP contribution in [-0.2, 0) is 9.53 Å². The molecule has 0 aromatic carbocycles. The van der Waals surface area contributed by atoms with Crippen molar-refractivity contribution in [2.45, 2.75) is 60.5 Å². The van der Waals surface area contributed by atoms with Crippen molar-refractivity contribution in [3.63, 3.8) is 0 Å². The van der Waals surface area contributed by atoms with Crippen molar-refractivity contribution in [2.75, 3.05) is 19.7 Å². The molecular formula is C17H29NO2. The van der Waals surface area contributed by atoms with Crippen LogP contribution in [0.5, 0.6) is 0 Å². The van der Waals surface area contributed by atoms with E-state index in [1.54, 1.807) is 0 Å². The van der Waals surface area contributed by atoms with Crippen molar-refractivity contribution in [2.24, 2.45) is 10.8 Å². The third-order valence-corrected chi connectivity index (χ3v) is 3.23. The highest BCUT2D eigenvalue weighted by molar-refractivity contribution is 5.81. The van der Waals surface area contributed by atoms with Gasteiger partial charge in [-0.25, -0.2) is 0 Å². The van der Waals surface area contributed by atoms with Crippen LogP contribution >= 0.6 is 0 Å². The fraction of sp³-hybridized carbons (Fsp3) is 0.824. The molecule has 1 heterocycles. The van der Waals surface area contributed by atoms with Gasteiger partial charge in [0.2, 0.25) is 5.91 Å². The van der Waals surface area contributed by atoms with Gasteiger partial charge in [-0.3, -0.25) is 4.79 Å². The Morgan fingerprint density at radius 1 is 1.15 bits per heavy atom. The fourth-order valence-electron chi connectivity index (χ4n) is 2.16. The maximum atomic E-state index is 12.2. The molecule has 0 aliphatic carbocycles. The van der Waals surface area contributed by atoms with Crippen LogP contribution in [0.4, 0.5) is 0 Å². The van der Waals surface area contributed by atoms with Gasteiger partial charge in [-0.05, 0) is 33.6 Å². The Morgan fingerprint density at radius 3 is 2.15 bits per heavy atom. The number of carbonyl (C=O) groups excluding carboxylic acids is 1. The first-order chi connectivity index (χ1) is 9.09. The molecule has 0 N–H and O–H groups in total. The van der Waals surface area contributed by atoms with E-state index in [9.17, 15) is 4.79 Å². The third-order valence-electron chi connectivity index (χ3n) is 3.23. The first-order valence-electron chi connectivity index (χ1n) is 7.50. The highest BCUT2D eigenvalue weighted by Gasteiger charge is 2.30. The second-order valence-electron chi connectivity index (χ2n) is 7.60. The van der Waals surface area contributed by atoms with E-state index in [0.717, 1.165) is 25.9 Å². The normalized spacial score (nSPS) is 17.6. The van der Waals surface area contributed by atoms with Gasteiger partial charge in [0.05, 0.1) is 6.10 Å². The third kappa shape index (κ3) is 5.96. The summed E-state index contributed by atoms with van der Waals surface area (Å²) in [6.07, 6.45) is 2.08. The van der Waals surface area contributed by atoms with Gasteiger partial charge in [0, 0.05) is 23.9 Å². The second-order valence-corrected chi connectivity index (χ2v) is 7.60. The summed E-state index contributed by atoms with van der Waals surface area (Å²) < 4.78 is 5.78. The number of amides is 1. The summed E-state index contributed by atoms with van der Waals surface area (Å²) in [5.41, 5.74) is -0.252. The van der Waals surface area contributed by atoms with Crippen LogP contribution in [0.2, 0.25) is 0 Å². The van der Waals surface area contributed by atoms with Gasteiger partial charge in [0.25, 0.3) is 0 Å². The number of nitrogens with zero attached hydrogens (tertiary/aromatic N) is 1. The summed E-state index contributed by atoms with van der Waals surface area (Å²) in [6, 6.07) is 0. The van der Waals surface area contributed by atoms with Gasteiger partial charge in [-0.1, -0.05) is 32.6 Å². The van der Waals surface area contributed by atoms with Crippen molar-refractivity contribution in [3.05, 3.63) is 0 Å². The van der Waals surface area contributed by atoms with Gasteiger partial charge >= 0.3 is 0 Å². The molecule has 1 amide bonds. The van der Waals surface area contributed by atoms with E-state index >= 15 is 0 Å². The molecule has 0 atom stereocenters. The Balaban J connectivity index is 2.32. The largest absolute Gasteiger partial charge is 0.365 e. The van der Waals surface area contributed by atoms with E-state index in [1.165, 1.54) is 0 Å². The molecule has 3 heteroatoms. The van der Waals surface area contributed by atoms with E-state index < -0.39 is 0 Å². The summed E-state index contributed by atoms with van der Waals surface area (Å²) in [5, 5.41) is 0. The van der Waals surface area contributed by atoms with Crippen molar-refractivity contribution < 1.29 is 9.53 Å². The van der Waals surface area contributed by atoms with Crippen LogP contribution in [0.15, 0.2) is 0 Å². The Labute approximate surface area is 124 Å². The number of hydrogen-bond acceptors (Lipinski definition) is 2. The molecule has 0 saturated carbocycles. The Morgan fingerprint density at radius 2 is 1.70 bits per heavy atom. The summed E-state index contributed by atoms with van der Waals surface area (Å²) in [7, 11) is 0. The summed E-state index contributed by atoms with van der Waals surface area (Å²) >= 11 is 0. The zero-order chi connectivity index (χ0) is 15.4. The summed E-state index contributed by atoms with van der Waals surface area (Å²) in [6.45, 7) is 14.3. The van der Waals surface area contributed by atoms with Crippen molar-refractivity contribution >= 4 is 5.91 Å². The van der Waals surface area contributed by atoms with Crippen molar-refractivity contribution in [1.82, 2.24) is 4.90 Å². The van der Waals surface area contributed by atoms with E-state index in [4.69, 9.17) is 4.74 Å². The van der Waals surface area contributed by atoms with Crippen LogP contribution in [0.25, 0.3) is 0 Å². The molecule has 0 radical (unpaired) electrons. The molecule has 1 aliphatic rings. The van der Waals surface area contributed by atoms with Crippen LogP contribution < -0.4 is 0 Å². The predicted molar refractivity (Wildman–Crippen MR) is 82.2 cm³/mol. The topological polar surface area (TPSA) is 29.5 Å². The molecule has 0 aromatic rings. The van der Waals surface area contributed by atoms with Crippen LogP contribution in [0.1, 0.15) is 54.4 Å². The lowest BCUT2D eigenvalue weighted by Crippen LogP contribution is -2.45. The maximum absolute atomic E-state index is 12.2. The number of rotatable bonds is 2. The average molecular weight is 279 g/mol. The molecule has 0 bridgehead atoms. The molecule has 1 fully saturated rings. The molecule has 114 valence electrons. The molecule has 20 heavy (non-hydrogen) atoms. The first-order valence-corrected chi connectivity index (χ1v) is 7.50. The Bertz CT molecular complexity index is 382. The smallest absolute Gasteiger partial charge is 0.227 e. The van der Waals surface area contributed by atoms with Gasteiger partial charge in [0.1, 0.15) is 6.61 Å². The standard InChI is InChI=1S/C17H29NO2/c1-16(2,3)10-7-13-20-14-8-11-18(12-9-14)15(19)17(4,5)6/h14H,8-9,11-13H2,1-6H3. The van der Waals surface area contributed by atoms with Crippen LogP contribution in [0.3, 0.4) is 0 Å². The van der Waals surface area contributed by atoms with E-state index in [-0.39, 0.29) is 22.8 Å². The minimum absolute atomic E-state index is 0.0336. The van der Waals surface area contributed by atoms with E-state index in [0.29, 0.717) is 6.61 Å². The van der Waals surface area contributed by atoms with Crippen LogP contribution in [0, 0.1) is 22.7 Å². The SMILES string of the molecule is CC(C)(C)C#CCOC1CCN(C(=O)C(C)(C)C)CC1. The zero-order valence-electron chi connectivity index (χ0n) is 13.9. The zero-order valence-corrected chi connectivity index (χ0v) is 13.9. The number of piperidine rings is 1. The molecule has 0 aromatic heterocycles. The monoisotopic (exact) mass is 279 g/mol. The molecular weight excluding hydrogens is 250 g/mol. The molecule has 0 spiro atoms. The van der Waals surface area contributed by atoms with E-state index in [1.807, 2.05) is 25.7 Å². The number of carbonyl (C=O) groups is 1. The molecule has 3 nitrogen and oxygen atoms in total. The lowest BCUT2D eigenvalue weighted by atomic mass is 9.93. The van der Waals surface area contributed by atoms with Crippen molar-refractivity contribution in [3.8, 4) is 11.8 Å². The van der Waals surface area contributed by atoms with Gasteiger partial charge < -0.3 is 9.64 Å². The molecule has 1 rings (SSSR count). The summed E-state index contributed by atoms with van der Waals surface area (Å²) in [4.78, 5) is 14.1. The molecule has 1 aliphatic heterocycles. The lowest BCUT2D eigenvalue weighted by Gasteiger charge is -2.35. The van der Waals surface area contributed by atoms with Crippen LogP contribution in [-0.4, -0.2) is 36.6 Å². The summed E-state index contributed by atoms with van der Waals surface area (Å²) in [5.74, 6) is 6.49.